The zero-order chi connectivity index (χ0) is 20.4. The van der Waals surface area contributed by atoms with E-state index in [9.17, 15) is 14.3 Å². The highest BCUT2D eigenvalue weighted by molar-refractivity contribution is 5.97. The molecule has 0 radical (unpaired) electrons. The quantitative estimate of drug-likeness (QED) is 0.476. The number of hydrogen-bond donors (Lipinski definition) is 2. The fourth-order valence-corrected chi connectivity index (χ4v) is 3.77. The Morgan fingerprint density at radius 2 is 1.72 bits per heavy atom. The lowest BCUT2D eigenvalue weighted by molar-refractivity contribution is -0.136. The van der Waals surface area contributed by atoms with Gasteiger partial charge in [0.25, 0.3) is 0 Å². The van der Waals surface area contributed by atoms with Crippen molar-refractivity contribution < 1.29 is 19.0 Å². The van der Waals surface area contributed by atoms with E-state index in [2.05, 4.69) is 4.98 Å². The molecular formula is C24H20FNO3. The van der Waals surface area contributed by atoms with Crippen molar-refractivity contribution in [2.45, 2.75) is 12.8 Å². The Hall–Kier alpha value is -3.60. The Kier molecular flexibility index (Phi) is 5.04. The lowest BCUT2D eigenvalue weighted by Crippen LogP contribution is -2.03. The Labute approximate surface area is 167 Å². The molecule has 29 heavy (non-hydrogen) atoms. The van der Waals surface area contributed by atoms with Gasteiger partial charge in [-0.2, -0.15) is 0 Å². The van der Waals surface area contributed by atoms with Gasteiger partial charge in [0.1, 0.15) is 11.6 Å². The number of carboxylic acid groups (broad SMARTS) is 1. The number of benzene rings is 3. The van der Waals surface area contributed by atoms with Crippen LogP contribution in [0.3, 0.4) is 0 Å². The minimum Gasteiger partial charge on any atom is -0.496 e. The zero-order valence-electron chi connectivity index (χ0n) is 15.9. The highest BCUT2D eigenvalue weighted by Crippen LogP contribution is 2.38. The highest BCUT2D eigenvalue weighted by Gasteiger charge is 2.21. The molecule has 0 saturated carbocycles. The first-order valence-electron chi connectivity index (χ1n) is 9.29. The van der Waals surface area contributed by atoms with Crippen molar-refractivity contribution in [3.8, 4) is 17.0 Å². The van der Waals surface area contributed by atoms with Gasteiger partial charge in [-0.15, -0.1) is 0 Å². The van der Waals surface area contributed by atoms with E-state index in [1.165, 1.54) is 12.1 Å². The largest absolute Gasteiger partial charge is 0.496 e. The van der Waals surface area contributed by atoms with Crippen LogP contribution in [-0.4, -0.2) is 23.2 Å². The third-order valence-corrected chi connectivity index (χ3v) is 5.04. The van der Waals surface area contributed by atoms with Gasteiger partial charge in [0.2, 0.25) is 0 Å². The summed E-state index contributed by atoms with van der Waals surface area (Å²) >= 11 is 0. The normalized spacial score (nSPS) is 11.0. The van der Waals surface area contributed by atoms with Gasteiger partial charge in [0.05, 0.1) is 19.2 Å². The molecule has 1 aromatic heterocycles. The van der Waals surface area contributed by atoms with Gasteiger partial charge in [-0.1, -0.05) is 30.3 Å². The van der Waals surface area contributed by atoms with Crippen LogP contribution in [-0.2, 0) is 17.6 Å². The summed E-state index contributed by atoms with van der Waals surface area (Å²) in [5.74, 6) is -0.559. The van der Waals surface area contributed by atoms with Crippen molar-refractivity contribution in [3.05, 3.63) is 89.2 Å². The van der Waals surface area contributed by atoms with Crippen LogP contribution in [0.25, 0.3) is 22.2 Å². The number of fused-ring (bicyclic) bond motifs is 1. The van der Waals surface area contributed by atoms with Gasteiger partial charge >= 0.3 is 5.97 Å². The number of aliphatic carboxylic acids is 1. The Morgan fingerprint density at radius 1 is 1.00 bits per heavy atom. The van der Waals surface area contributed by atoms with Crippen LogP contribution in [0.1, 0.15) is 16.7 Å². The van der Waals surface area contributed by atoms with Crippen molar-refractivity contribution in [1.82, 2.24) is 4.98 Å². The van der Waals surface area contributed by atoms with E-state index in [0.717, 1.165) is 27.6 Å². The summed E-state index contributed by atoms with van der Waals surface area (Å²) in [6, 6.07) is 19.8. The van der Waals surface area contributed by atoms with Gasteiger partial charge in [0, 0.05) is 22.9 Å². The van der Waals surface area contributed by atoms with Gasteiger partial charge in [-0.3, -0.25) is 4.79 Å². The first-order valence-corrected chi connectivity index (χ1v) is 9.29. The SMILES string of the molecule is COc1ccc2[nH]c(-c3ccc(F)cc3)c(CC(=O)O)c2c1Cc1ccccc1. The van der Waals surface area contributed by atoms with Crippen LogP contribution in [0, 0.1) is 5.82 Å². The molecule has 5 heteroatoms. The van der Waals surface area contributed by atoms with E-state index in [-0.39, 0.29) is 12.2 Å². The molecule has 0 saturated heterocycles. The molecule has 0 aliphatic carbocycles. The minimum absolute atomic E-state index is 0.151. The van der Waals surface area contributed by atoms with Gasteiger partial charge in [-0.05, 0) is 53.1 Å². The lowest BCUT2D eigenvalue weighted by Gasteiger charge is -2.12. The number of methoxy groups -OCH3 is 1. The molecule has 4 nitrogen and oxygen atoms in total. The number of aromatic amines is 1. The number of ether oxygens (including phenoxy) is 1. The zero-order valence-corrected chi connectivity index (χ0v) is 15.9. The Balaban J connectivity index is 1.97. The summed E-state index contributed by atoms with van der Waals surface area (Å²) in [6.07, 6.45) is 0.455. The third-order valence-electron chi connectivity index (χ3n) is 5.04. The minimum atomic E-state index is -0.928. The maximum absolute atomic E-state index is 13.4. The molecule has 0 fully saturated rings. The van der Waals surface area contributed by atoms with Crippen LogP contribution in [0.4, 0.5) is 4.39 Å². The molecule has 0 bridgehead atoms. The van der Waals surface area contributed by atoms with E-state index >= 15 is 0 Å². The summed E-state index contributed by atoms with van der Waals surface area (Å²) < 4.78 is 19.0. The summed E-state index contributed by atoms with van der Waals surface area (Å²) in [7, 11) is 1.61. The second-order valence-electron chi connectivity index (χ2n) is 6.89. The number of rotatable bonds is 6. The molecule has 1 heterocycles. The van der Waals surface area contributed by atoms with Gasteiger partial charge in [0.15, 0.2) is 0 Å². The molecule has 2 N–H and O–H groups in total. The lowest BCUT2D eigenvalue weighted by atomic mass is 9.95. The van der Waals surface area contributed by atoms with Gasteiger partial charge < -0.3 is 14.8 Å². The maximum Gasteiger partial charge on any atom is 0.307 e. The average molecular weight is 389 g/mol. The molecule has 0 spiro atoms. The van der Waals surface area contributed by atoms with Crippen LogP contribution in [0.2, 0.25) is 0 Å². The molecule has 0 amide bonds. The Morgan fingerprint density at radius 3 is 2.38 bits per heavy atom. The van der Waals surface area contributed by atoms with Crippen molar-refractivity contribution in [2.24, 2.45) is 0 Å². The summed E-state index contributed by atoms with van der Waals surface area (Å²) in [4.78, 5) is 15.0. The van der Waals surface area contributed by atoms with Crippen LogP contribution >= 0.6 is 0 Å². The fourth-order valence-electron chi connectivity index (χ4n) is 3.77. The predicted octanol–water partition coefficient (Wildman–Crippen LogP) is 5.20. The van der Waals surface area contributed by atoms with Crippen molar-refractivity contribution in [2.75, 3.05) is 7.11 Å². The number of carbonyl (C=O) groups is 1. The van der Waals surface area contributed by atoms with E-state index in [0.29, 0.717) is 23.4 Å². The third kappa shape index (κ3) is 3.72. The van der Waals surface area contributed by atoms with Crippen molar-refractivity contribution >= 4 is 16.9 Å². The standard InChI is InChI=1S/C24H20FNO3/c1-29-21-12-11-20-23(18(21)13-15-5-3-2-4-6-15)19(14-22(27)28)24(26-20)16-7-9-17(25)10-8-16/h2-12,26H,13-14H2,1H3,(H,27,28). The van der Waals surface area contributed by atoms with E-state index in [1.807, 2.05) is 42.5 Å². The molecule has 0 atom stereocenters. The number of aromatic nitrogens is 1. The predicted molar refractivity (Wildman–Crippen MR) is 111 cm³/mol. The molecule has 0 unspecified atom stereocenters. The number of nitrogens with one attached hydrogen (secondary N) is 1. The van der Waals surface area contributed by atoms with Gasteiger partial charge in [-0.25, -0.2) is 4.39 Å². The van der Waals surface area contributed by atoms with E-state index in [4.69, 9.17) is 4.74 Å². The number of carboxylic acids is 1. The molecule has 0 aliphatic rings. The van der Waals surface area contributed by atoms with Crippen LogP contribution < -0.4 is 4.74 Å². The Bertz CT molecular complexity index is 1160. The number of H-pyrrole nitrogens is 1. The van der Waals surface area contributed by atoms with Crippen molar-refractivity contribution in [3.63, 3.8) is 0 Å². The number of hydrogen-bond acceptors (Lipinski definition) is 2. The monoisotopic (exact) mass is 389 g/mol. The second kappa shape index (κ2) is 7.80. The highest BCUT2D eigenvalue weighted by atomic mass is 19.1. The molecular weight excluding hydrogens is 369 g/mol. The summed E-state index contributed by atoms with van der Waals surface area (Å²) in [6.45, 7) is 0. The summed E-state index contributed by atoms with van der Waals surface area (Å²) in [5.41, 5.74) is 4.95. The fraction of sp³-hybridized carbons (Fsp3) is 0.125. The second-order valence-corrected chi connectivity index (χ2v) is 6.89. The first kappa shape index (κ1) is 18.7. The van der Waals surface area contributed by atoms with E-state index < -0.39 is 5.97 Å². The molecule has 0 aliphatic heterocycles. The number of halogens is 1. The molecule has 4 rings (SSSR count). The van der Waals surface area contributed by atoms with Crippen LogP contribution in [0.5, 0.6) is 5.75 Å². The van der Waals surface area contributed by atoms with Crippen LogP contribution in [0.15, 0.2) is 66.7 Å². The average Bonchev–Trinajstić information content (AvgIpc) is 3.08. The summed E-state index contributed by atoms with van der Waals surface area (Å²) in [5, 5.41) is 10.4. The topological polar surface area (TPSA) is 62.3 Å². The maximum atomic E-state index is 13.4. The first-order chi connectivity index (χ1) is 14.1. The molecule has 146 valence electrons. The molecule has 3 aromatic carbocycles. The van der Waals surface area contributed by atoms with E-state index in [1.54, 1.807) is 19.2 Å². The van der Waals surface area contributed by atoms with Crippen molar-refractivity contribution in [1.29, 1.82) is 0 Å². The smallest absolute Gasteiger partial charge is 0.307 e. The molecule has 4 aromatic rings.